The number of ether oxygens (including phenoxy) is 1. The number of fused-ring (bicyclic) bond motifs is 2. The molecule has 0 bridgehead atoms. The van der Waals surface area contributed by atoms with Crippen molar-refractivity contribution < 1.29 is 9.84 Å². The SMILES string of the molecule is COc1ccc(CCn2c(=O)n(C[C@H](O)CN3CCc4ccccc4C3)c(=O)c3ccccc32)cc1. The lowest BCUT2D eigenvalue weighted by Crippen LogP contribution is -2.45. The van der Waals surface area contributed by atoms with E-state index in [1.165, 1.54) is 15.7 Å². The molecule has 1 aliphatic heterocycles. The maximum Gasteiger partial charge on any atom is 0.331 e. The quantitative estimate of drug-likeness (QED) is 0.415. The van der Waals surface area contributed by atoms with Crippen molar-refractivity contribution in [3.63, 3.8) is 0 Å². The van der Waals surface area contributed by atoms with E-state index in [2.05, 4.69) is 23.1 Å². The van der Waals surface area contributed by atoms with E-state index in [0.29, 0.717) is 30.4 Å². The van der Waals surface area contributed by atoms with E-state index in [-0.39, 0.29) is 12.1 Å². The number of β-amino-alcohol motifs (C(OH)–C–C–N with tert-alkyl or cyclic N) is 1. The van der Waals surface area contributed by atoms with Crippen LogP contribution in [0, 0.1) is 0 Å². The van der Waals surface area contributed by atoms with E-state index < -0.39 is 11.8 Å². The molecular weight excluding hydrogens is 454 g/mol. The molecule has 0 spiro atoms. The van der Waals surface area contributed by atoms with Crippen LogP contribution in [0.2, 0.25) is 0 Å². The summed E-state index contributed by atoms with van der Waals surface area (Å²) in [5.41, 5.74) is 3.53. The number of aliphatic hydroxyl groups is 1. The highest BCUT2D eigenvalue weighted by Crippen LogP contribution is 2.19. The molecule has 7 nitrogen and oxygen atoms in total. The molecule has 0 fully saturated rings. The number of hydrogen-bond acceptors (Lipinski definition) is 5. The van der Waals surface area contributed by atoms with Crippen molar-refractivity contribution >= 4 is 10.9 Å². The number of aliphatic hydroxyl groups excluding tert-OH is 1. The van der Waals surface area contributed by atoms with E-state index in [0.717, 1.165) is 30.8 Å². The Morgan fingerprint density at radius 1 is 0.889 bits per heavy atom. The molecule has 186 valence electrons. The van der Waals surface area contributed by atoms with Gasteiger partial charge in [-0.2, -0.15) is 0 Å². The summed E-state index contributed by atoms with van der Waals surface area (Å²) in [7, 11) is 1.63. The standard InChI is InChI=1S/C29H31N3O4/c1-36-25-12-10-21(11-13-25)14-17-31-27-9-5-4-8-26(27)28(34)32(29(31)35)20-24(33)19-30-16-15-22-6-2-3-7-23(22)18-30/h2-13,24,33H,14-20H2,1H3/t24-/m1/s1. The topological polar surface area (TPSA) is 76.7 Å². The monoisotopic (exact) mass is 485 g/mol. The molecule has 2 heterocycles. The Bertz CT molecular complexity index is 1470. The fourth-order valence-electron chi connectivity index (χ4n) is 5.06. The summed E-state index contributed by atoms with van der Waals surface area (Å²) >= 11 is 0. The van der Waals surface area contributed by atoms with Crippen molar-refractivity contribution in [3.8, 4) is 5.75 Å². The molecule has 0 saturated carbocycles. The molecule has 3 aromatic carbocycles. The molecule has 1 atom stereocenters. The van der Waals surface area contributed by atoms with Gasteiger partial charge in [-0.25, -0.2) is 4.79 Å². The number of hydrogen-bond donors (Lipinski definition) is 1. The first kappa shape index (κ1) is 24.0. The minimum absolute atomic E-state index is 0.0385. The van der Waals surface area contributed by atoms with Crippen molar-refractivity contribution in [2.45, 2.75) is 38.6 Å². The van der Waals surface area contributed by atoms with Crippen LogP contribution in [0.15, 0.2) is 82.4 Å². The number of aryl methyl sites for hydroxylation is 2. The Labute approximate surface area is 209 Å². The zero-order valence-electron chi connectivity index (χ0n) is 20.5. The van der Waals surface area contributed by atoms with Crippen molar-refractivity contribution in [3.05, 3.63) is 110 Å². The maximum absolute atomic E-state index is 13.5. The molecule has 1 N–H and O–H groups in total. The average Bonchev–Trinajstić information content (AvgIpc) is 2.91. The molecule has 0 aliphatic carbocycles. The normalized spacial score (nSPS) is 14.5. The maximum atomic E-state index is 13.5. The summed E-state index contributed by atoms with van der Waals surface area (Å²) in [5.74, 6) is 0.779. The number of aromatic nitrogens is 2. The fraction of sp³-hybridized carbons (Fsp3) is 0.310. The molecule has 4 aromatic rings. The highest BCUT2D eigenvalue weighted by molar-refractivity contribution is 5.77. The van der Waals surface area contributed by atoms with Crippen LogP contribution in [0.25, 0.3) is 10.9 Å². The Hall–Kier alpha value is -3.68. The molecule has 5 rings (SSSR count). The number of benzene rings is 3. The molecule has 0 saturated heterocycles. The van der Waals surface area contributed by atoms with Crippen molar-refractivity contribution in [1.82, 2.24) is 14.0 Å². The predicted octanol–water partition coefficient (Wildman–Crippen LogP) is 2.83. The minimum atomic E-state index is -0.836. The number of methoxy groups -OCH3 is 1. The van der Waals surface area contributed by atoms with E-state index in [9.17, 15) is 14.7 Å². The Kier molecular flexibility index (Phi) is 7.02. The van der Waals surface area contributed by atoms with Crippen LogP contribution in [0.5, 0.6) is 5.75 Å². The van der Waals surface area contributed by atoms with Gasteiger partial charge in [0.15, 0.2) is 0 Å². The van der Waals surface area contributed by atoms with Crippen LogP contribution in [-0.4, -0.2) is 45.4 Å². The lowest BCUT2D eigenvalue weighted by molar-refractivity contribution is 0.0897. The Balaban J connectivity index is 1.38. The third-order valence-corrected chi connectivity index (χ3v) is 6.99. The van der Waals surface area contributed by atoms with E-state index in [1.54, 1.807) is 29.9 Å². The lowest BCUT2D eigenvalue weighted by Gasteiger charge is -2.30. The van der Waals surface area contributed by atoms with Gasteiger partial charge in [0.05, 0.1) is 30.7 Å². The van der Waals surface area contributed by atoms with Gasteiger partial charge < -0.3 is 9.84 Å². The van der Waals surface area contributed by atoms with Gasteiger partial charge in [0.2, 0.25) is 0 Å². The van der Waals surface area contributed by atoms with Crippen LogP contribution in [-0.2, 0) is 32.5 Å². The lowest BCUT2D eigenvalue weighted by atomic mass is 10.00. The molecule has 0 unspecified atom stereocenters. The number of para-hydroxylation sites is 1. The van der Waals surface area contributed by atoms with Gasteiger partial charge in [-0.3, -0.25) is 18.8 Å². The van der Waals surface area contributed by atoms with Gasteiger partial charge in [-0.15, -0.1) is 0 Å². The zero-order valence-corrected chi connectivity index (χ0v) is 20.5. The predicted molar refractivity (Wildman–Crippen MR) is 141 cm³/mol. The van der Waals surface area contributed by atoms with Crippen LogP contribution in [0.4, 0.5) is 0 Å². The summed E-state index contributed by atoms with van der Waals surface area (Å²) in [6.07, 6.45) is 0.718. The van der Waals surface area contributed by atoms with Crippen molar-refractivity contribution in [2.24, 2.45) is 0 Å². The molecule has 1 aromatic heterocycles. The second-order valence-corrected chi connectivity index (χ2v) is 9.37. The summed E-state index contributed by atoms with van der Waals surface area (Å²) in [6.45, 7) is 2.38. The molecule has 36 heavy (non-hydrogen) atoms. The summed E-state index contributed by atoms with van der Waals surface area (Å²) < 4.78 is 8.06. The van der Waals surface area contributed by atoms with Crippen LogP contribution in [0.1, 0.15) is 16.7 Å². The Morgan fingerprint density at radius 3 is 2.39 bits per heavy atom. The third kappa shape index (κ3) is 4.98. The summed E-state index contributed by atoms with van der Waals surface area (Å²) in [5, 5.41) is 11.4. The number of rotatable bonds is 8. The minimum Gasteiger partial charge on any atom is -0.497 e. The average molecular weight is 486 g/mol. The van der Waals surface area contributed by atoms with Gasteiger partial charge in [0.25, 0.3) is 5.56 Å². The van der Waals surface area contributed by atoms with Crippen LogP contribution < -0.4 is 16.0 Å². The fourth-order valence-corrected chi connectivity index (χ4v) is 5.06. The molecule has 0 radical (unpaired) electrons. The first-order valence-corrected chi connectivity index (χ1v) is 12.4. The Morgan fingerprint density at radius 2 is 1.61 bits per heavy atom. The number of nitrogens with zero attached hydrogens (tertiary/aromatic N) is 3. The molecule has 1 aliphatic rings. The highest BCUT2D eigenvalue weighted by atomic mass is 16.5. The van der Waals surface area contributed by atoms with E-state index >= 15 is 0 Å². The summed E-state index contributed by atoms with van der Waals surface area (Å²) in [6, 6.07) is 23.3. The van der Waals surface area contributed by atoms with Gasteiger partial charge in [0, 0.05) is 26.2 Å². The van der Waals surface area contributed by atoms with Crippen LogP contribution >= 0.6 is 0 Å². The molecular formula is C29H31N3O4. The van der Waals surface area contributed by atoms with Gasteiger partial charge >= 0.3 is 5.69 Å². The molecule has 0 amide bonds. The first-order valence-electron chi connectivity index (χ1n) is 12.4. The van der Waals surface area contributed by atoms with E-state index in [4.69, 9.17) is 4.74 Å². The summed E-state index contributed by atoms with van der Waals surface area (Å²) in [4.78, 5) is 28.9. The zero-order chi connectivity index (χ0) is 25.1. The van der Waals surface area contributed by atoms with Gasteiger partial charge in [-0.05, 0) is 53.8 Å². The van der Waals surface area contributed by atoms with Gasteiger partial charge in [0.1, 0.15) is 5.75 Å². The van der Waals surface area contributed by atoms with Crippen molar-refractivity contribution in [1.29, 1.82) is 0 Å². The second kappa shape index (κ2) is 10.5. The third-order valence-electron chi connectivity index (χ3n) is 6.99. The second-order valence-electron chi connectivity index (χ2n) is 9.37. The van der Waals surface area contributed by atoms with Gasteiger partial charge in [-0.1, -0.05) is 48.5 Å². The smallest absolute Gasteiger partial charge is 0.331 e. The largest absolute Gasteiger partial charge is 0.497 e. The first-order chi connectivity index (χ1) is 17.5. The van der Waals surface area contributed by atoms with E-state index in [1.807, 2.05) is 36.4 Å². The van der Waals surface area contributed by atoms with Crippen LogP contribution in [0.3, 0.4) is 0 Å². The van der Waals surface area contributed by atoms with Crippen molar-refractivity contribution in [2.75, 3.05) is 20.2 Å². The highest BCUT2D eigenvalue weighted by Gasteiger charge is 2.21. The molecule has 7 heteroatoms.